The first kappa shape index (κ1) is 18.2. The van der Waals surface area contributed by atoms with E-state index in [9.17, 15) is 14.7 Å². The number of H-pyrrole nitrogens is 1. The Kier molecular flexibility index (Phi) is 5.08. The van der Waals surface area contributed by atoms with Crippen LogP contribution in [0.5, 0.6) is 0 Å². The molecule has 7 heteroatoms. The van der Waals surface area contributed by atoms with Gasteiger partial charge in [0.15, 0.2) is 0 Å². The molecule has 1 atom stereocenters. The van der Waals surface area contributed by atoms with Gasteiger partial charge < -0.3 is 20.3 Å². The minimum absolute atomic E-state index is 0.137. The highest BCUT2D eigenvalue weighted by atomic mass is 16.3. The van der Waals surface area contributed by atoms with E-state index in [1.165, 1.54) is 10.9 Å². The Labute approximate surface area is 162 Å². The van der Waals surface area contributed by atoms with Crippen molar-refractivity contribution in [1.29, 1.82) is 0 Å². The van der Waals surface area contributed by atoms with Gasteiger partial charge in [-0.2, -0.15) is 0 Å². The van der Waals surface area contributed by atoms with Crippen molar-refractivity contribution in [1.82, 2.24) is 20.2 Å². The lowest BCUT2D eigenvalue weighted by Gasteiger charge is -2.30. The van der Waals surface area contributed by atoms with Crippen LogP contribution in [0.3, 0.4) is 0 Å². The lowest BCUT2D eigenvalue weighted by atomic mass is 10.0. The Morgan fingerprint density at radius 3 is 2.79 bits per heavy atom. The molecule has 0 saturated carbocycles. The van der Waals surface area contributed by atoms with Gasteiger partial charge in [-0.05, 0) is 35.7 Å². The van der Waals surface area contributed by atoms with Crippen LogP contribution >= 0.6 is 0 Å². The normalized spacial score (nSPS) is 14.5. The lowest BCUT2D eigenvalue weighted by molar-refractivity contribution is -0.138. The molecular weight excluding hydrogens is 356 g/mol. The zero-order valence-electron chi connectivity index (χ0n) is 15.4. The molecule has 0 aliphatic carbocycles. The molecule has 1 unspecified atom stereocenters. The first-order valence-corrected chi connectivity index (χ1v) is 9.32. The van der Waals surface area contributed by atoms with Crippen LogP contribution in [-0.2, 0) is 29.0 Å². The number of para-hydroxylation sites is 1. The summed E-state index contributed by atoms with van der Waals surface area (Å²) in [6, 6.07) is 10.6. The highest BCUT2D eigenvalue weighted by molar-refractivity contribution is 5.89. The van der Waals surface area contributed by atoms with E-state index in [4.69, 9.17) is 0 Å². The molecular formula is C21H22N4O3. The fraction of sp³-hybridized carbons (Fsp3) is 0.286. The fourth-order valence-corrected chi connectivity index (χ4v) is 3.72. The minimum Gasteiger partial charge on any atom is -0.394 e. The quantitative estimate of drug-likeness (QED) is 0.621. The molecule has 0 bridgehead atoms. The van der Waals surface area contributed by atoms with Gasteiger partial charge in [0.2, 0.25) is 11.8 Å². The van der Waals surface area contributed by atoms with Gasteiger partial charge in [0.25, 0.3) is 0 Å². The standard InChI is InChI=1S/C21H22N4O3/c26-13-19(24-20(27)11-14-5-8-22-9-6-14)21(28)25-10-7-16-15-3-1-2-4-17(15)23-18(16)12-25/h1-6,8-9,19,23,26H,7,10-13H2,(H,24,27). The summed E-state index contributed by atoms with van der Waals surface area (Å²) < 4.78 is 0. The highest BCUT2D eigenvalue weighted by Crippen LogP contribution is 2.27. The Bertz CT molecular complexity index is 999. The van der Waals surface area contributed by atoms with E-state index in [1.807, 2.05) is 18.2 Å². The maximum absolute atomic E-state index is 12.9. The van der Waals surface area contributed by atoms with E-state index in [0.717, 1.165) is 23.2 Å². The van der Waals surface area contributed by atoms with Crippen LogP contribution in [0.2, 0.25) is 0 Å². The topological polar surface area (TPSA) is 98.3 Å². The van der Waals surface area contributed by atoms with Gasteiger partial charge in [-0.25, -0.2) is 0 Å². The summed E-state index contributed by atoms with van der Waals surface area (Å²) in [5.74, 6) is -0.572. The molecule has 1 aliphatic heterocycles. The zero-order chi connectivity index (χ0) is 19.5. The molecule has 28 heavy (non-hydrogen) atoms. The number of nitrogens with zero attached hydrogens (tertiary/aromatic N) is 2. The van der Waals surface area contributed by atoms with Gasteiger partial charge in [0.1, 0.15) is 6.04 Å². The van der Waals surface area contributed by atoms with E-state index in [-0.39, 0.29) is 18.2 Å². The molecule has 3 aromatic rings. The third kappa shape index (κ3) is 3.61. The summed E-state index contributed by atoms with van der Waals surface area (Å²) in [5.41, 5.74) is 4.12. The second kappa shape index (κ2) is 7.82. The Morgan fingerprint density at radius 1 is 1.21 bits per heavy atom. The number of aromatic amines is 1. The lowest BCUT2D eigenvalue weighted by Crippen LogP contribution is -2.51. The van der Waals surface area contributed by atoms with Crippen LogP contribution in [0.15, 0.2) is 48.8 Å². The van der Waals surface area contributed by atoms with E-state index in [2.05, 4.69) is 21.4 Å². The number of carbonyl (C=O) groups is 2. The number of fused-ring (bicyclic) bond motifs is 3. The van der Waals surface area contributed by atoms with Gasteiger partial charge in [0.05, 0.1) is 19.6 Å². The molecule has 3 N–H and O–H groups in total. The molecule has 1 aromatic carbocycles. The van der Waals surface area contributed by atoms with Crippen molar-refractivity contribution >= 4 is 22.7 Å². The van der Waals surface area contributed by atoms with E-state index in [0.29, 0.717) is 13.1 Å². The summed E-state index contributed by atoms with van der Waals surface area (Å²) >= 11 is 0. The molecule has 0 spiro atoms. The van der Waals surface area contributed by atoms with Crippen molar-refractivity contribution in [2.24, 2.45) is 0 Å². The molecule has 0 fully saturated rings. The van der Waals surface area contributed by atoms with Gasteiger partial charge in [-0.3, -0.25) is 14.6 Å². The molecule has 7 nitrogen and oxygen atoms in total. The molecule has 144 valence electrons. The zero-order valence-corrected chi connectivity index (χ0v) is 15.4. The van der Waals surface area contributed by atoms with Crippen molar-refractivity contribution < 1.29 is 14.7 Å². The van der Waals surface area contributed by atoms with Crippen molar-refractivity contribution in [3.8, 4) is 0 Å². The summed E-state index contributed by atoms with van der Waals surface area (Å²) in [4.78, 5) is 34.1. The van der Waals surface area contributed by atoms with Crippen molar-refractivity contribution in [3.63, 3.8) is 0 Å². The van der Waals surface area contributed by atoms with Crippen LogP contribution < -0.4 is 5.32 Å². The van der Waals surface area contributed by atoms with Crippen LogP contribution in [-0.4, -0.2) is 51.0 Å². The summed E-state index contributed by atoms with van der Waals surface area (Å²) in [6.07, 6.45) is 4.11. The number of amides is 2. The number of rotatable bonds is 5. The van der Waals surface area contributed by atoms with Crippen LogP contribution in [0.4, 0.5) is 0 Å². The average molecular weight is 378 g/mol. The monoisotopic (exact) mass is 378 g/mol. The van der Waals surface area contributed by atoms with E-state index < -0.39 is 12.6 Å². The smallest absolute Gasteiger partial charge is 0.247 e. The predicted octanol–water partition coefficient (Wildman–Crippen LogP) is 1.17. The van der Waals surface area contributed by atoms with Gasteiger partial charge in [-0.15, -0.1) is 0 Å². The summed E-state index contributed by atoms with van der Waals surface area (Å²) in [5, 5.41) is 13.5. The fourth-order valence-electron chi connectivity index (χ4n) is 3.72. The predicted molar refractivity (Wildman–Crippen MR) is 104 cm³/mol. The van der Waals surface area contributed by atoms with Gasteiger partial charge >= 0.3 is 0 Å². The molecule has 1 aliphatic rings. The second-order valence-electron chi connectivity index (χ2n) is 6.97. The summed E-state index contributed by atoms with van der Waals surface area (Å²) in [6.45, 7) is 0.570. The van der Waals surface area contributed by atoms with Crippen LogP contribution in [0.25, 0.3) is 10.9 Å². The number of pyridine rings is 1. The maximum atomic E-state index is 12.9. The van der Waals surface area contributed by atoms with Crippen LogP contribution in [0.1, 0.15) is 16.8 Å². The minimum atomic E-state index is -0.944. The van der Waals surface area contributed by atoms with Crippen LogP contribution in [0, 0.1) is 0 Å². The number of carbonyl (C=O) groups excluding carboxylic acids is 2. The molecule has 3 heterocycles. The third-order valence-electron chi connectivity index (χ3n) is 5.12. The third-order valence-corrected chi connectivity index (χ3v) is 5.12. The number of aromatic nitrogens is 2. The number of nitrogens with one attached hydrogen (secondary N) is 2. The SMILES string of the molecule is O=C(Cc1ccncc1)NC(CO)C(=O)N1CCc2c([nH]c3ccccc23)C1. The Balaban J connectivity index is 1.43. The second-order valence-corrected chi connectivity index (χ2v) is 6.97. The number of hydrogen-bond donors (Lipinski definition) is 3. The first-order valence-electron chi connectivity index (χ1n) is 9.32. The highest BCUT2D eigenvalue weighted by Gasteiger charge is 2.29. The Morgan fingerprint density at radius 2 is 2.00 bits per heavy atom. The van der Waals surface area contributed by atoms with Crippen molar-refractivity contribution in [2.45, 2.75) is 25.4 Å². The molecule has 2 amide bonds. The first-order chi connectivity index (χ1) is 13.7. The van der Waals surface area contributed by atoms with Crippen molar-refractivity contribution in [3.05, 3.63) is 65.6 Å². The summed E-state index contributed by atoms with van der Waals surface area (Å²) in [7, 11) is 0. The number of aliphatic hydroxyl groups excluding tert-OH is 1. The number of aliphatic hydroxyl groups is 1. The Hall–Kier alpha value is -3.19. The molecule has 4 rings (SSSR count). The molecule has 2 aromatic heterocycles. The number of benzene rings is 1. The van der Waals surface area contributed by atoms with Gasteiger partial charge in [0, 0.05) is 35.5 Å². The van der Waals surface area contributed by atoms with Gasteiger partial charge in [-0.1, -0.05) is 18.2 Å². The van der Waals surface area contributed by atoms with E-state index >= 15 is 0 Å². The molecule has 0 saturated heterocycles. The average Bonchev–Trinajstić information content (AvgIpc) is 3.10. The van der Waals surface area contributed by atoms with Crippen molar-refractivity contribution in [2.75, 3.05) is 13.2 Å². The molecule has 0 radical (unpaired) electrons. The maximum Gasteiger partial charge on any atom is 0.247 e. The number of hydrogen-bond acceptors (Lipinski definition) is 4. The van der Waals surface area contributed by atoms with E-state index in [1.54, 1.807) is 29.4 Å². The largest absolute Gasteiger partial charge is 0.394 e.